The van der Waals surface area contributed by atoms with E-state index < -0.39 is 5.60 Å². The highest BCUT2D eigenvalue weighted by atomic mass is 16.6. The van der Waals surface area contributed by atoms with Crippen molar-refractivity contribution in [3.63, 3.8) is 0 Å². The fourth-order valence-corrected chi connectivity index (χ4v) is 4.43. The van der Waals surface area contributed by atoms with Gasteiger partial charge in [-0.2, -0.15) is 0 Å². The van der Waals surface area contributed by atoms with Crippen LogP contribution in [0.25, 0.3) is 44.3 Å². The van der Waals surface area contributed by atoms with Crippen molar-refractivity contribution in [3.05, 3.63) is 84.9 Å². The lowest BCUT2D eigenvalue weighted by Gasteiger charge is -2.21. The minimum atomic E-state index is -0.596. The molecule has 0 fully saturated rings. The van der Waals surface area contributed by atoms with Crippen LogP contribution in [0.5, 0.6) is 0 Å². The predicted octanol–water partition coefficient (Wildman–Crippen LogP) is 7.25. The molecule has 0 saturated carbocycles. The molecular formula is C28H26N2O2. The lowest BCUT2D eigenvalue weighted by atomic mass is 10.0. The van der Waals surface area contributed by atoms with Gasteiger partial charge in [0.05, 0.1) is 16.9 Å². The third kappa shape index (κ3) is 3.28. The molecule has 2 heterocycles. The number of rotatable bonds is 2. The first-order valence-corrected chi connectivity index (χ1v) is 10.8. The van der Waals surface area contributed by atoms with E-state index in [0.29, 0.717) is 0 Å². The van der Waals surface area contributed by atoms with Crippen LogP contribution in [0.4, 0.5) is 4.79 Å². The van der Waals surface area contributed by atoms with E-state index in [2.05, 4.69) is 41.9 Å². The fraction of sp³-hybridized carbons (Fsp3) is 0.179. The van der Waals surface area contributed by atoms with Crippen LogP contribution in [0.2, 0.25) is 0 Å². The number of ether oxygens (including phenoxy) is 1. The van der Waals surface area contributed by atoms with Crippen molar-refractivity contribution in [2.75, 3.05) is 0 Å². The molecule has 0 unspecified atom stereocenters. The third-order valence-corrected chi connectivity index (χ3v) is 5.70. The number of aromatic nitrogens is 2. The van der Waals surface area contributed by atoms with E-state index in [1.54, 1.807) is 4.57 Å². The summed E-state index contributed by atoms with van der Waals surface area (Å²) in [6.45, 7) is 5.68. The average Bonchev–Trinajstić information content (AvgIpc) is 3.29. The Balaban J connectivity index is 1.89. The topological polar surface area (TPSA) is 36.2 Å². The quantitative estimate of drug-likeness (QED) is 0.300. The molecule has 160 valence electrons. The van der Waals surface area contributed by atoms with Crippen molar-refractivity contribution in [3.8, 4) is 22.5 Å². The van der Waals surface area contributed by atoms with Crippen LogP contribution in [0.1, 0.15) is 20.8 Å². The summed E-state index contributed by atoms with van der Waals surface area (Å²) in [5, 5.41) is 2.10. The maximum atomic E-state index is 13.5. The molecule has 0 radical (unpaired) electrons. The summed E-state index contributed by atoms with van der Waals surface area (Å²) in [6.07, 6.45) is -0.374. The van der Waals surface area contributed by atoms with Crippen LogP contribution in [0.3, 0.4) is 0 Å². The van der Waals surface area contributed by atoms with Gasteiger partial charge in [-0.3, -0.25) is 0 Å². The van der Waals surface area contributed by atoms with E-state index in [-0.39, 0.29) is 6.09 Å². The predicted molar refractivity (Wildman–Crippen MR) is 131 cm³/mol. The Bertz CT molecular complexity index is 1450. The number of carbonyl (C=O) groups is 1. The molecular weight excluding hydrogens is 396 g/mol. The number of aryl methyl sites for hydroxylation is 1. The summed E-state index contributed by atoms with van der Waals surface area (Å²) in [7, 11) is 2.08. The summed E-state index contributed by atoms with van der Waals surface area (Å²) < 4.78 is 9.76. The average molecular weight is 423 g/mol. The Morgan fingerprint density at radius 3 is 2.16 bits per heavy atom. The van der Waals surface area contributed by atoms with Crippen molar-refractivity contribution in [1.29, 1.82) is 0 Å². The second-order valence-corrected chi connectivity index (χ2v) is 9.07. The summed E-state index contributed by atoms with van der Waals surface area (Å²) in [6, 6.07) is 28.7. The van der Waals surface area contributed by atoms with Crippen LogP contribution in [-0.2, 0) is 11.8 Å². The number of para-hydroxylation sites is 2. The van der Waals surface area contributed by atoms with E-state index in [1.807, 2.05) is 75.4 Å². The molecule has 4 heteroatoms. The second kappa shape index (κ2) is 7.41. The first-order valence-electron chi connectivity index (χ1n) is 10.8. The summed E-state index contributed by atoms with van der Waals surface area (Å²) in [4.78, 5) is 13.5. The van der Waals surface area contributed by atoms with E-state index in [0.717, 1.165) is 44.3 Å². The molecule has 0 aliphatic rings. The highest BCUT2D eigenvalue weighted by molar-refractivity contribution is 6.08. The number of fused-ring (bicyclic) bond motifs is 2. The molecule has 3 aromatic carbocycles. The SMILES string of the molecule is Cn1c(-c2ccccc2)c(-c2cc3ccccc3n2C(=O)OC(C)(C)C)c2ccccc21. The van der Waals surface area contributed by atoms with Gasteiger partial charge in [-0.1, -0.05) is 66.7 Å². The molecule has 32 heavy (non-hydrogen) atoms. The molecule has 0 N–H and O–H groups in total. The van der Waals surface area contributed by atoms with Crippen LogP contribution in [0.15, 0.2) is 84.9 Å². The first-order chi connectivity index (χ1) is 15.3. The number of benzene rings is 3. The highest BCUT2D eigenvalue weighted by Crippen LogP contribution is 2.42. The third-order valence-electron chi connectivity index (χ3n) is 5.70. The molecule has 0 spiro atoms. The fourth-order valence-electron chi connectivity index (χ4n) is 4.43. The Morgan fingerprint density at radius 2 is 1.44 bits per heavy atom. The van der Waals surface area contributed by atoms with Gasteiger partial charge in [0.25, 0.3) is 0 Å². The van der Waals surface area contributed by atoms with E-state index in [4.69, 9.17) is 4.74 Å². The van der Waals surface area contributed by atoms with Gasteiger partial charge in [-0.05, 0) is 44.5 Å². The van der Waals surface area contributed by atoms with Gasteiger partial charge in [-0.25, -0.2) is 9.36 Å². The van der Waals surface area contributed by atoms with Crippen LogP contribution in [0, 0.1) is 0 Å². The minimum absolute atomic E-state index is 0.374. The van der Waals surface area contributed by atoms with Crippen molar-refractivity contribution in [2.45, 2.75) is 26.4 Å². The van der Waals surface area contributed by atoms with E-state index in [9.17, 15) is 4.79 Å². The van der Waals surface area contributed by atoms with Crippen LogP contribution in [-0.4, -0.2) is 20.8 Å². The highest BCUT2D eigenvalue weighted by Gasteiger charge is 2.27. The monoisotopic (exact) mass is 422 g/mol. The Hall–Kier alpha value is -3.79. The van der Waals surface area contributed by atoms with Gasteiger partial charge in [0, 0.05) is 28.9 Å². The Kier molecular flexibility index (Phi) is 4.66. The molecule has 5 aromatic rings. The maximum absolute atomic E-state index is 13.5. The van der Waals surface area contributed by atoms with Crippen molar-refractivity contribution >= 4 is 27.9 Å². The molecule has 0 bridgehead atoms. The summed E-state index contributed by atoms with van der Waals surface area (Å²) in [5.74, 6) is 0. The van der Waals surface area contributed by atoms with Crippen molar-refractivity contribution in [1.82, 2.24) is 9.13 Å². The zero-order valence-electron chi connectivity index (χ0n) is 18.8. The smallest absolute Gasteiger partial charge is 0.419 e. The lowest BCUT2D eigenvalue weighted by Crippen LogP contribution is -2.27. The summed E-state index contributed by atoms with van der Waals surface area (Å²) in [5.41, 5.74) is 5.38. The number of nitrogens with zero attached hydrogens (tertiary/aromatic N) is 2. The molecule has 4 nitrogen and oxygen atoms in total. The zero-order valence-corrected chi connectivity index (χ0v) is 18.8. The van der Waals surface area contributed by atoms with Crippen LogP contribution < -0.4 is 0 Å². The van der Waals surface area contributed by atoms with E-state index >= 15 is 0 Å². The molecule has 0 saturated heterocycles. The minimum Gasteiger partial charge on any atom is -0.443 e. The standard InChI is InChI=1S/C28H26N2O2/c1-28(2,3)32-27(31)30-22-16-10-8-14-20(22)18-24(30)25-21-15-9-11-17-23(21)29(4)26(25)19-12-6-5-7-13-19/h5-18H,1-4H3. The van der Waals surface area contributed by atoms with Gasteiger partial charge in [0.1, 0.15) is 5.60 Å². The zero-order chi connectivity index (χ0) is 22.5. The molecule has 5 rings (SSSR count). The van der Waals surface area contributed by atoms with Crippen LogP contribution >= 0.6 is 0 Å². The molecule has 0 aliphatic heterocycles. The van der Waals surface area contributed by atoms with Gasteiger partial charge in [-0.15, -0.1) is 0 Å². The van der Waals surface area contributed by atoms with Gasteiger partial charge in [0.2, 0.25) is 0 Å². The second-order valence-electron chi connectivity index (χ2n) is 9.07. The van der Waals surface area contributed by atoms with Crippen molar-refractivity contribution < 1.29 is 9.53 Å². The molecule has 0 atom stereocenters. The van der Waals surface area contributed by atoms with Gasteiger partial charge >= 0.3 is 6.09 Å². The molecule has 0 aliphatic carbocycles. The van der Waals surface area contributed by atoms with E-state index in [1.165, 1.54) is 0 Å². The molecule has 0 amide bonds. The maximum Gasteiger partial charge on any atom is 0.419 e. The summed E-state index contributed by atoms with van der Waals surface area (Å²) >= 11 is 0. The normalized spacial score (nSPS) is 11.9. The van der Waals surface area contributed by atoms with Crippen molar-refractivity contribution in [2.24, 2.45) is 7.05 Å². The molecule has 2 aromatic heterocycles. The number of hydrogen-bond acceptors (Lipinski definition) is 2. The van der Waals surface area contributed by atoms with Gasteiger partial charge < -0.3 is 9.30 Å². The number of carbonyl (C=O) groups excluding carboxylic acids is 1. The van der Waals surface area contributed by atoms with Gasteiger partial charge in [0.15, 0.2) is 0 Å². The lowest BCUT2D eigenvalue weighted by molar-refractivity contribution is 0.0547. The Labute approximate surface area is 187 Å². The first kappa shape index (κ1) is 20.1. The largest absolute Gasteiger partial charge is 0.443 e. The number of hydrogen-bond donors (Lipinski definition) is 0. The Morgan fingerprint density at radius 1 is 0.812 bits per heavy atom.